The first-order chi connectivity index (χ1) is 12.2. The molecule has 1 fully saturated rings. The number of nitrogens with one attached hydrogen (secondary N) is 1. The Morgan fingerprint density at radius 3 is 2.92 bits per heavy atom. The lowest BCUT2D eigenvalue weighted by atomic mass is 10.1. The molecular formula is C18H23N5O2. The highest BCUT2D eigenvalue weighted by molar-refractivity contribution is 5.96. The number of aryl methyl sites for hydroxylation is 1. The lowest BCUT2D eigenvalue weighted by Gasteiger charge is -2.14. The molecule has 3 heterocycles. The minimum absolute atomic E-state index is 0.554. The largest absolute Gasteiger partial charge is 0.494 e. The third kappa shape index (κ3) is 2.84. The van der Waals surface area contributed by atoms with Crippen LogP contribution in [0.2, 0.25) is 0 Å². The smallest absolute Gasteiger partial charge is 0.203 e. The number of methoxy groups -OCH3 is 2. The van der Waals surface area contributed by atoms with E-state index in [-0.39, 0.29) is 0 Å². The summed E-state index contributed by atoms with van der Waals surface area (Å²) < 4.78 is 12.6. The molecule has 2 aromatic heterocycles. The van der Waals surface area contributed by atoms with Gasteiger partial charge < -0.3 is 19.4 Å². The lowest BCUT2D eigenvalue weighted by Crippen LogP contribution is -2.22. The van der Waals surface area contributed by atoms with Gasteiger partial charge in [0.2, 0.25) is 5.95 Å². The second kappa shape index (κ2) is 6.40. The molecule has 3 aromatic rings. The van der Waals surface area contributed by atoms with E-state index in [4.69, 9.17) is 14.5 Å². The maximum absolute atomic E-state index is 5.53. The summed E-state index contributed by atoms with van der Waals surface area (Å²) >= 11 is 0. The van der Waals surface area contributed by atoms with Gasteiger partial charge in [0, 0.05) is 50.5 Å². The number of anilines is 1. The fourth-order valence-electron chi connectivity index (χ4n) is 3.57. The average Bonchev–Trinajstić information content (AvgIpc) is 3.33. The van der Waals surface area contributed by atoms with Crippen LogP contribution in [0.3, 0.4) is 0 Å². The molecule has 7 nitrogen and oxygen atoms in total. The number of H-pyrrole nitrogens is 1. The molecule has 1 aliphatic heterocycles. The SMILES string of the molecule is COC[C@@H]1CCN(c2nc3c(-c4cnn(C)c4)ccc(OC)c3[nH]2)C1. The third-order valence-corrected chi connectivity index (χ3v) is 4.82. The van der Waals surface area contributed by atoms with Crippen molar-refractivity contribution < 1.29 is 9.47 Å². The lowest BCUT2D eigenvalue weighted by molar-refractivity contribution is 0.161. The Labute approximate surface area is 146 Å². The normalized spacial score (nSPS) is 17.6. The number of hydrogen-bond donors (Lipinski definition) is 1. The van der Waals surface area contributed by atoms with Crippen LogP contribution in [0.25, 0.3) is 22.2 Å². The molecule has 0 bridgehead atoms. The van der Waals surface area contributed by atoms with Gasteiger partial charge in [0.05, 0.1) is 19.9 Å². The monoisotopic (exact) mass is 341 g/mol. The molecule has 0 saturated carbocycles. The molecule has 0 radical (unpaired) electrons. The Balaban J connectivity index is 1.76. The minimum Gasteiger partial charge on any atom is -0.494 e. The Kier molecular flexibility index (Phi) is 4.09. The van der Waals surface area contributed by atoms with Gasteiger partial charge in [0.25, 0.3) is 0 Å². The number of ether oxygens (including phenoxy) is 2. The Morgan fingerprint density at radius 2 is 2.20 bits per heavy atom. The van der Waals surface area contributed by atoms with Gasteiger partial charge in [-0.3, -0.25) is 4.68 Å². The second-order valence-corrected chi connectivity index (χ2v) is 6.56. The molecule has 0 amide bonds. The van der Waals surface area contributed by atoms with Crippen molar-refractivity contribution in [3.8, 4) is 16.9 Å². The quantitative estimate of drug-likeness (QED) is 0.772. The number of aromatic amines is 1. The summed E-state index contributed by atoms with van der Waals surface area (Å²) in [5.74, 6) is 2.25. The van der Waals surface area contributed by atoms with Crippen LogP contribution < -0.4 is 9.64 Å². The highest BCUT2D eigenvalue weighted by atomic mass is 16.5. The molecule has 0 spiro atoms. The minimum atomic E-state index is 0.554. The Morgan fingerprint density at radius 1 is 1.32 bits per heavy atom. The van der Waals surface area contributed by atoms with Gasteiger partial charge in [-0.2, -0.15) is 5.10 Å². The summed E-state index contributed by atoms with van der Waals surface area (Å²) in [4.78, 5) is 10.6. The predicted octanol–water partition coefficient (Wildman–Crippen LogP) is 2.44. The van der Waals surface area contributed by atoms with Crippen LogP contribution in [-0.4, -0.2) is 53.7 Å². The van der Waals surface area contributed by atoms with Crippen LogP contribution in [0.5, 0.6) is 5.75 Å². The number of rotatable bonds is 5. The van der Waals surface area contributed by atoms with Crippen LogP contribution in [0.15, 0.2) is 24.5 Å². The Hall–Kier alpha value is -2.54. The first-order valence-electron chi connectivity index (χ1n) is 8.49. The average molecular weight is 341 g/mol. The van der Waals surface area contributed by atoms with Crippen LogP contribution in [0.1, 0.15) is 6.42 Å². The van der Waals surface area contributed by atoms with Gasteiger partial charge in [-0.05, 0) is 18.6 Å². The van der Waals surface area contributed by atoms with E-state index >= 15 is 0 Å². The number of hydrogen-bond acceptors (Lipinski definition) is 5. The molecule has 1 N–H and O–H groups in total. The molecule has 1 saturated heterocycles. The van der Waals surface area contributed by atoms with E-state index in [0.717, 1.165) is 60.0 Å². The van der Waals surface area contributed by atoms with E-state index in [1.54, 1.807) is 18.9 Å². The van der Waals surface area contributed by atoms with Crippen molar-refractivity contribution in [1.82, 2.24) is 19.7 Å². The zero-order valence-corrected chi connectivity index (χ0v) is 14.8. The van der Waals surface area contributed by atoms with Crippen LogP contribution in [0.4, 0.5) is 5.95 Å². The number of fused-ring (bicyclic) bond motifs is 1. The third-order valence-electron chi connectivity index (χ3n) is 4.82. The van der Waals surface area contributed by atoms with E-state index in [0.29, 0.717) is 5.92 Å². The summed E-state index contributed by atoms with van der Waals surface area (Å²) in [5, 5.41) is 4.28. The van der Waals surface area contributed by atoms with Gasteiger partial charge in [-0.1, -0.05) is 0 Å². The van der Waals surface area contributed by atoms with E-state index in [9.17, 15) is 0 Å². The summed E-state index contributed by atoms with van der Waals surface area (Å²) in [7, 11) is 5.36. The maximum Gasteiger partial charge on any atom is 0.203 e. The molecule has 0 unspecified atom stereocenters. The first kappa shape index (κ1) is 16.0. The summed E-state index contributed by atoms with van der Waals surface area (Å²) in [6.45, 7) is 2.73. The van der Waals surface area contributed by atoms with Crippen LogP contribution in [0, 0.1) is 5.92 Å². The van der Waals surface area contributed by atoms with Crippen molar-refractivity contribution in [3.05, 3.63) is 24.5 Å². The van der Waals surface area contributed by atoms with E-state index in [1.807, 2.05) is 31.6 Å². The molecule has 1 atom stereocenters. The summed E-state index contributed by atoms with van der Waals surface area (Å²) in [6.07, 6.45) is 4.98. The van der Waals surface area contributed by atoms with Crippen molar-refractivity contribution in [1.29, 1.82) is 0 Å². The number of aromatic nitrogens is 4. The number of nitrogens with zero attached hydrogens (tertiary/aromatic N) is 4. The van der Waals surface area contributed by atoms with Gasteiger partial charge >= 0.3 is 0 Å². The van der Waals surface area contributed by atoms with Crippen LogP contribution >= 0.6 is 0 Å². The van der Waals surface area contributed by atoms with Gasteiger partial charge in [-0.25, -0.2) is 4.98 Å². The standard InChI is InChI=1S/C18H23N5O2/c1-22-10-13(8-19-22)14-4-5-15(25-3)17-16(14)20-18(21-17)23-7-6-12(9-23)11-24-2/h4-5,8,10,12H,6-7,9,11H2,1-3H3,(H,20,21)/t12-/m1/s1. The zero-order chi connectivity index (χ0) is 17.4. The van der Waals surface area contributed by atoms with Crippen molar-refractivity contribution in [2.24, 2.45) is 13.0 Å². The molecule has 0 aliphatic carbocycles. The number of imidazole rings is 1. The van der Waals surface area contributed by atoms with Crippen LogP contribution in [-0.2, 0) is 11.8 Å². The van der Waals surface area contributed by atoms with E-state index in [2.05, 4.69) is 15.0 Å². The predicted molar refractivity (Wildman–Crippen MR) is 97.0 cm³/mol. The van der Waals surface area contributed by atoms with Gasteiger partial charge in [-0.15, -0.1) is 0 Å². The second-order valence-electron chi connectivity index (χ2n) is 6.56. The first-order valence-corrected chi connectivity index (χ1v) is 8.49. The molecule has 1 aromatic carbocycles. The van der Waals surface area contributed by atoms with E-state index in [1.165, 1.54) is 0 Å². The Bertz CT molecular complexity index is 885. The van der Waals surface area contributed by atoms with E-state index < -0.39 is 0 Å². The van der Waals surface area contributed by atoms with Gasteiger partial charge in [0.15, 0.2) is 0 Å². The molecule has 1 aliphatic rings. The molecular weight excluding hydrogens is 318 g/mol. The highest BCUT2D eigenvalue weighted by Gasteiger charge is 2.25. The zero-order valence-electron chi connectivity index (χ0n) is 14.8. The van der Waals surface area contributed by atoms with Crippen molar-refractivity contribution in [2.75, 3.05) is 38.8 Å². The van der Waals surface area contributed by atoms with Crippen molar-refractivity contribution in [3.63, 3.8) is 0 Å². The van der Waals surface area contributed by atoms with Crippen molar-refractivity contribution >= 4 is 17.0 Å². The maximum atomic E-state index is 5.53. The highest BCUT2D eigenvalue weighted by Crippen LogP contribution is 2.35. The fourth-order valence-corrected chi connectivity index (χ4v) is 3.57. The topological polar surface area (TPSA) is 68.2 Å². The number of benzene rings is 1. The van der Waals surface area contributed by atoms with Crippen molar-refractivity contribution in [2.45, 2.75) is 6.42 Å². The summed E-state index contributed by atoms with van der Waals surface area (Å²) in [5.41, 5.74) is 3.94. The van der Waals surface area contributed by atoms with Gasteiger partial charge in [0.1, 0.15) is 16.8 Å². The summed E-state index contributed by atoms with van der Waals surface area (Å²) in [6, 6.07) is 4.02. The molecule has 132 valence electrons. The molecule has 25 heavy (non-hydrogen) atoms. The molecule has 7 heteroatoms. The molecule has 4 rings (SSSR count). The fraction of sp³-hybridized carbons (Fsp3) is 0.444.